The number of benzene rings is 1. The van der Waals surface area contributed by atoms with E-state index in [1.54, 1.807) is 18.2 Å². The Morgan fingerprint density at radius 3 is 2.54 bits per heavy atom. The number of amides is 3. The van der Waals surface area contributed by atoms with E-state index in [-0.39, 0.29) is 17.9 Å². The maximum Gasteiger partial charge on any atom is 0.407 e. The first-order chi connectivity index (χ1) is 13.1. The van der Waals surface area contributed by atoms with E-state index in [9.17, 15) is 14.4 Å². The molecule has 28 heavy (non-hydrogen) atoms. The van der Waals surface area contributed by atoms with Crippen LogP contribution in [0.4, 0.5) is 10.5 Å². The third-order valence-electron chi connectivity index (χ3n) is 4.55. The second-order valence-corrected chi connectivity index (χ2v) is 8.24. The molecular weight excluding hydrogens is 358 g/mol. The van der Waals surface area contributed by atoms with E-state index in [2.05, 4.69) is 10.6 Å². The fraction of sp³-hybridized carbons (Fsp3) is 0.571. The molecular formula is C21H31N3O4. The topological polar surface area (TPSA) is 87.7 Å². The highest BCUT2D eigenvalue weighted by Gasteiger charge is 2.29. The third-order valence-corrected chi connectivity index (χ3v) is 4.55. The predicted octanol–water partition coefficient (Wildman–Crippen LogP) is 3.47. The lowest BCUT2D eigenvalue weighted by atomic mass is 9.99. The average Bonchev–Trinajstić information content (AvgIpc) is 2.58. The molecule has 1 atom stereocenters. The van der Waals surface area contributed by atoms with Crippen molar-refractivity contribution in [2.24, 2.45) is 0 Å². The lowest BCUT2D eigenvalue weighted by molar-refractivity contribution is -0.114. The van der Waals surface area contributed by atoms with E-state index in [1.165, 1.54) is 6.92 Å². The summed E-state index contributed by atoms with van der Waals surface area (Å²) in [5, 5.41) is 5.51. The number of nitrogens with one attached hydrogen (secondary N) is 2. The molecule has 1 heterocycles. The second-order valence-electron chi connectivity index (χ2n) is 8.24. The molecule has 7 heteroatoms. The zero-order chi connectivity index (χ0) is 20.9. The molecule has 1 unspecified atom stereocenters. The number of nitrogens with zero attached hydrogens (tertiary/aromatic N) is 1. The molecule has 0 radical (unpaired) electrons. The summed E-state index contributed by atoms with van der Waals surface area (Å²) in [7, 11) is 0. The summed E-state index contributed by atoms with van der Waals surface area (Å²) in [6.45, 7) is 9.78. The first-order valence-corrected chi connectivity index (χ1v) is 9.73. The molecule has 1 aromatic rings. The van der Waals surface area contributed by atoms with E-state index in [0.29, 0.717) is 24.3 Å². The van der Waals surface area contributed by atoms with E-state index in [4.69, 9.17) is 4.74 Å². The van der Waals surface area contributed by atoms with Gasteiger partial charge in [0.1, 0.15) is 5.60 Å². The number of hydrogen-bond acceptors (Lipinski definition) is 4. The Hall–Kier alpha value is -2.57. The van der Waals surface area contributed by atoms with Gasteiger partial charge in [-0.25, -0.2) is 4.79 Å². The van der Waals surface area contributed by atoms with Crippen molar-refractivity contribution in [2.75, 3.05) is 18.4 Å². The largest absolute Gasteiger partial charge is 0.444 e. The minimum atomic E-state index is -0.557. The summed E-state index contributed by atoms with van der Waals surface area (Å²) >= 11 is 0. The minimum absolute atomic E-state index is 0.0532. The standard InChI is InChI=1S/C21H31N3O4/c1-14-12-16(23-15(2)25)9-10-18(14)19(26)24-11-7-6-8-17(24)13-22-20(27)28-21(3,4)5/h9-10,12,17H,6-8,11,13H2,1-5H3,(H,22,27)(H,23,25). The molecule has 7 nitrogen and oxygen atoms in total. The number of likely N-dealkylation sites (tertiary alicyclic amines) is 1. The van der Waals surface area contributed by atoms with Gasteiger partial charge in [-0.2, -0.15) is 0 Å². The molecule has 0 aromatic heterocycles. The molecule has 1 saturated heterocycles. The molecule has 1 fully saturated rings. The molecule has 1 aromatic carbocycles. The molecule has 154 valence electrons. The van der Waals surface area contributed by atoms with Crippen LogP contribution >= 0.6 is 0 Å². The van der Waals surface area contributed by atoms with Gasteiger partial charge >= 0.3 is 6.09 Å². The van der Waals surface area contributed by atoms with Crippen molar-refractivity contribution in [1.29, 1.82) is 0 Å². The summed E-state index contributed by atoms with van der Waals surface area (Å²) in [6.07, 6.45) is 2.33. The smallest absolute Gasteiger partial charge is 0.407 e. The second kappa shape index (κ2) is 9.08. The maximum absolute atomic E-state index is 13.1. The fourth-order valence-corrected chi connectivity index (χ4v) is 3.33. The van der Waals surface area contributed by atoms with Gasteiger partial charge in [-0.05, 0) is 70.7 Å². The van der Waals surface area contributed by atoms with Crippen molar-refractivity contribution in [3.8, 4) is 0 Å². The number of anilines is 1. The van der Waals surface area contributed by atoms with Gasteiger partial charge in [0.25, 0.3) is 5.91 Å². The Kier molecular flexibility index (Phi) is 7.05. The van der Waals surface area contributed by atoms with E-state index in [0.717, 1.165) is 24.8 Å². The number of carbonyl (C=O) groups is 3. The Morgan fingerprint density at radius 1 is 1.21 bits per heavy atom. The molecule has 2 rings (SSSR count). The van der Waals surface area contributed by atoms with Crippen LogP contribution in [0.2, 0.25) is 0 Å². The van der Waals surface area contributed by atoms with Crippen LogP contribution in [0.5, 0.6) is 0 Å². The zero-order valence-electron chi connectivity index (χ0n) is 17.4. The van der Waals surface area contributed by atoms with E-state index < -0.39 is 11.7 Å². The van der Waals surface area contributed by atoms with Crippen molar-refractivity contribution >= 4 is 23.6 Å². The van der Waals surface area contributed by atoms with Gasteiger partial charge in [0, 0.05) is 37.3 Å². The van der Waals surface area contributed by atoms with Crippen molar-refractivity contribution < 1.29 is 19.1 Å². The number of hydrogen-bond donors (Lipinski definition) is 2. The Labute approximate surface area is 166 Å². The van der Waals surface area contributed by atoms with Gasteiger partial charge in [0.15, 0.2) is 0 Å². The average molecular weight is 389 g/mol. The number of piperidine rings is 1. The quantitative estimate of drug-likeness (QED) is 0.825. The van der Waals surface area contributed by atoms with Crippen LogP contribution in [0.25, 0.3) is 0 Å². The number of alkyl carbamates (subject to hydrolysis) is 1. The summed E-state index contributed by atoms with van der Waals surface area (Å²) in [5.74, 6) is -0.203. The van der Waals surface area contributed by atoms with Gasteiger partial charge in [0.2, 0.25) is 5.91 Å². The normalized spacial score (nSPS) is 17.0. The van der Waals surface area contributed by atoms with Crippen molar-refractivity contribution in [2.45, 2.75) is 65.5 Å². The number of ether oxygens (including phenoxy) is 1. The molecule has 2 N–H and O–H groups in total. The Bertz CT molecular complexity index is 740. The van der Waals surface area contributed by atoms with Gasteiger partial charge in [-0.3, -0.25) is 9.59 Å². The van der Waals surface area contributed by atoms with Gasteiger partial charge in [0.05, 0.1) is 0 Å². The summed E-state index contributed by atoms with van der Waals surface area (Å²) in [5.41, 5.74) is 1.53. The number of aryl methyl sites for hydroxylation is 1. The fourth-order valence-electron chi connectivity index (χ4n) is 3.33. The van der Waals surface area contributed by atoms with Crippen LogP contribution in [0.3, 0.4) is 0 Å². The molecule has 3 amide bonds. The highest BCUT2D eigenvalue weighted by Crippen LogP contribution is 2.23. The molecule has 1 aliphatic heterocycles. The molecule has 0 spiro atoms. The lowest BCUT2D eigenvalue weighted by Crippen LogP contribution is -2.50. The molecule has 1 aliphatic rings. The van der Waals surface area contributed by atoms with Crippen molar-refractivity contribution in [3.63, 3.8) is 0 Å². The van der Waals surface area contributed by atoms with Gasteiger partial charge in [-0.15, -0.1) is 0 Å². The third kappa shape index (κ3) is 6.25. The van der Waals surface area contributed by atoms with E-state index >= 15 is 0 Å². The number of rotatable bonds is 4. The molecule has 0 aliphatic carbocycles. The maximum atomic E-state index is 13.1. The van der Waals surface area contributed by atoms with Crippen LogP contribution < -0.4 is 10.6 Å². The van der Waals surface area contributed by atoms with Crippen molar-refractivity contribution in [1.82, 2.24) is 10.2 Å². The first kappa shape index (κ1) is 21.7. The Balaban J connectivity index is 2.07. The lowest BCUT2D eigenvalue weighted by Gasteiger charge is -2.36. The molecule has 0 saturated carbocycles. The zero-order valence-corrected chi connectivity index (χ0v) is 17.4. The first-order valence-electron chi connectivity index (χ1n) is 9.73. The van der Waals surface area contributed by atoms with Crippen LogP contribution in [0, 0.1) is 6.92 Å². The van der Waals surface area contributed by atoms with Crippen LogP contribution in [0.1, 0.15) is 62.9 Å². The highest BCUT2D eigenvalue weighted by atomic mass is 16.6. The Morgan fingerprint density at radius 2 is 1.93 bits per heavy atom. The summed E-state index contributed by atoms with van der Waals surface area (Å²) in [4.78, 5) is 38.1. The van der Waals surface area contributed by atoms with Crippen molar-refractivity contribution in [3.05, 3.63) is 29.3 Å². The highest BCUT2D eigenvalue weighted by molar-refractivity contribution is 5.97. The monoisotopic (exact) mass is 389 g/mol. The molecule has 0 bridgehead atoms. The van der Waals surface area contributed by atoms with Crippen LogP contribution in [-0.4, -0.2) is 47.5 Å². The number of carbonyl (C=O) groups excluding carboxylic acids is 3. The SMILES string of the molecule is CC(=O)Nc1ccc(C(=O)N2CCCCC2CNC(=O)OC(C)(C)C)c(C)c1. The van der Waals surface area contributed by atoms with E-state index in [1.807, 2.05) is 32.6 Å². The van der Waals surface area contributed by atoms with Crippen LogP contribution in [0.15, 0.2) is 18.2 Å². The predicted molar refractivity (Wildman–Crippen MR) is 108 cm³/mol. The minimum Gasteiger partial charge on any atom is -0.444 e. The van der Waals surface area contributed by atoms with Gasteiger partial charge < -0.3 is 20.3 Å². The summed E-state index contributed by atoms with van der Waals surface area (Å²) < 4.78 is 5.29. The summed E-state index contributed by atoms with van der Waals surface area (Å²) in [6, 6.07) is 5.21. The van der Waals surface area contributed by atoms with Crippen LogP contribution in [-0.2, 0) is 9.53 Å². The van der Waals surface area contributed by atoms with Gasteiger partial charge in [-0.1, -0.05) is 0 Å².